The first kappa shape index (κ1) is 13.4. The Morgan fingerprint density at radius 2 is 2.37 bits per heavy atom. The van der Waals surface area contributed by atoms with E-state index in [4.69, 9.17) is 5.73 Å². The Balaban J connectivity index is 2.29. The molecule has 1 aromatic carbocycles. The van der Waals surface area contributed by atoms with Gasteiger partial charge in [-0.15, -0.1) is 11.3 Å². The van der Waals surface area contributed by atoms with E-state index >= 15 is 0 Å². The Hall–Kier alpha value is -2.08. The standard InChI is InChI=1S/C13H15N3O2S/c1-2-10(12-15-5-6-19-12)16-11-4-3-8(14)7-9(11)13(17)18/h3-7,10,16H,2,14H2,1H3,(H,17,18). The van der Waals surface area contributed by atoms with Gasteiger partial charge in [0.15, 0.2) is 0 Å². The number of aromatic nitrogens is 1. The molecule has 0 aliphatic rings. The topological polar surface area (TPSA) is 88.2 Å². The van der Waals surface area contributed by atoms with Crippen molar-refractivity contribution in [2.75, 3.05) is 11.1 Å². The van der Waals surface area contributed by atoms with E-state index in [0.29, 0.717) is 11.4 Å². The molecule has 0 saturated heterocycles. The molecule has 0 saturated carbocycles. The number of aromatic carboxylic acids is 1. The van der Waals surface area contributed by atoms with Crippen LogP contribution < -0.4 is 11.1 Å². The largest absolute Gasteiger partial charge is 0.478 e. The predicted octanol–water partition coefficient (Wildman–Crippen LogP) is 2.99. The highest BCUT2D eigenvalue weighted by Crippen LogP contribution is 2.27. The first-order chi connectivity index (χ1) is 9.11. The number of carboxylic acids is 1. The molecule has 19 heavy (non-hydrogen) atoms. The first-order valence-electron chi connectivity index (χ1n) is 5.90. The Kier molecular flexibility index (Phi) is 4.01. The molecule has 100 valence electrons. The lowest BCUT2D eigenvalue weighted by Gasteiger charge is -2.17. The van der Waals surface area contributed by atoms with Crippen LogP contribution in [-0.4, -0.2) is 16.1 Å². The molecule has 1 unspecified atom stereocenters. The van der Waals surface area contributed by atoms with E-state index < -0.39 is 5.97 Å². The second-order valence-electron chi connectivity index (χ2n) is 4.09. The number of thiazole rings is 1. The second kappa shape index (κ2) is 5.71. The lowest BCUT2D eigenvalue weighted by atomic mass is 10.1. The van der Waals surface area contributed by atoms with Crippen molar-refractivity contribution in [2.45, 2.75) is 19.4 Å². The van der Waals surface area contributed by atoms with E-state index in [-0.39, 0.29) is 11.6 Å². The van der Waals surface area contributed by atoms with Crippen molar-refractivity contribution in [2.24, 2.45) is 0 Å². The fourth-order valence-corrected chi connectivity index (χ4v) is 2.57. The average molecular weight is 277 g/mol. The average Bonchev–Trinajstić information content (AvgIpc) is 2.90. The van der Waals surface area contributed by atoms with Crippen molar-refractivity contribution in [3.63, 3.8) is 0 Å². The summed E-state index contributed by atoms with van der Waals surface area (Å²) in [5.41, 5.74) is 6.79. The normalized spacial score (nSPS) is 12.1. The van der Waals surface area contributed by atoms with Gasteiger partial charge in [-0.2, -0.15) is 0 Å². The van der Waals surface area contributed by atoms with Gasteiger partial charge in [0.2, 0.25) is 0 Å². The van der Waals surface area contributed by atoms with Crippen LogP contribution in [0.4, 0.5) is 11.4 Å². The zero-order chi connectivity index (χ0) is 13.8. The number of carbonyl (C=O) groups is 1. The van der Waals surface area contributed by atoms with Crippen LogP contribution >= 0.6 is 11.3 Å². The minimum Gasteiger partial charge on any atom is -0.478 e. The van der Waals surface area contributed by atoms with Gasteiger partial charge in [0.25, 0.3) is 0 Å². The molecule has 0 aliphatic heterocycles. The monoisotopic (exact) mass is 277 g/mol. The van der Waals surface area contributed by atoms with Gasteiger partial charge in [-0.3, -0.25) is 0 Å². The van der Waals surface area contributed by atoms with E-state index in [0.717, 1.165) is 11.4 Å². The molecule has 1 heterocycles. The number of anilines is 2. The van der Waals surface area contributed by atoms with E-state index in [1.165, 1.54) is 6.07 Å². The number of rotatable bonds is 5. The Labute approximate surface area is 115 Å². The Morgan fingerprint density at radius 3 is 2.95 bits per heavy atom. The minimum absolute atomic E-state index is 0.00160. The fourth-order valence-electron chi connectivity index (χ4n) is 1.80. The third kappa shape index (κ3) is 3.03. The summed E-state index contributed by atoms with van der Waals surface area (Å²) in [7, 11) is 0. The van der Waals surface area contributed by atoms with Crippen molar-refractivity contribution in [1.82, 2.24) is 4.98 Å². The lowest BCUT2D eigenvalue weighted by molar-refractivity contribution is 0.0698. The second-order valence-corrected chi connectivity index (χ2v) is 5.01. The van der Waals surface area contributed by atoms with Crippen LogP contribution in [0.3, 0.4) is 0 Å². The van der Waals surface area contributed by atoms with Crippen molar-refractivity contribution >= 4 is 28.7 Å². The molecule has 0 fully saturated rings. The molecule has 0 aliphatic carbocycles. The summed E-state index contributed by atoms with van der Waals surface area (Å²) in [6.07, 6.45) is 2.56. The number of benzene rings is 1. The molecule has 0 bridgehead atoms. The fraction of sp³-hybridized carbons (Fsp3) is 0.231. The summed E-state index contributed by atoms with van der Waals surface area (Å²) in [6.45, 7) is 2.02. The summed E-state index contributed by atoms with van der Waals surface area (Å²) in [4.78, 5) is 15.5. The summed E-state index contributed by atoms with van der Waals surface area (Å²) in [5.74, 6) is -0.996. The first-order valence-corrected chi connectivity index (χ1v) is 6.78. The number of nitrogens with one attached hydrogen (secondary N) is 1. The number of nitrogens with zero attached hydrogens (tertiary/aromatic N) is 1. The maximum Gasteiger partial charge on any atom is 0.337 e. The molecule has 1 atom stereocenters. The van der Waals surface area contributed by atoms with Gasteiger partial charge in [0.05, 0.1) is 11.6 Å². The predicted molar refractivity (Wildman–Crippen MR) is 76.6 cm³/mol. The van der Waals surface area contributed by atoms with Crippen LogP contribution in [-0.2, 0) is 0 Å². The van der Waals surface area contributed by atoms with Gasteiger partial charge in [0, 0.05) is 23.0 Å². The van der Waals surface area contributed by atoms with E-state index in [2.05, 4.69) is 10.3 Å². The van der Waals surface area contributed by atoms with Crippen LogP contribution in [0, 0.1) is 0 Å². The van der Waals surface area contributed by atoms with Gasteiger partial charge in [-0.25, -0.2) is 9.78 Å². The third-order valence-corrected chi connectivity index (χ3v) is 3.65. The van der Waals surface area contributed by atoms with Crippen LogP contribution in [0.5, 0.6) is 0 Å². The summed E-state index contributed by atoms with van der Waals surface area (Å²) >= 11 is 1.55. The van der Waals surface area contributed by atoms with Gasteiger partial charge in [-0.1, -0.05) is 6.92 Å². The molecule has 2 aromatic rings. The van der Waals surface area contributed by atoms with Crippen LogP contribution in [0.2, 0.25) is 0 Å². The van der Waals surface area contributed by atoms with Gasteiger partial charge >= 0.3 is 5.97 Å². The number of nitrogens with two attached hydrogens (primary N) is 1. The molecule has 4 N–H and O–H groups in total. The van der Waals surface area contributed by atoms with E-state index in [1.54, 1.807) is 29.7 Å². The maximum absolute atomic E-state index is 11.2. The molecule has 5 nitrogen and oxygen atoms in total. The Morgan fingerprint density at radius 1 is 1.58 bits per heavy atom. The molecule has 6 heteroatoms. The zero-order valence-corrected chi connectivity index (χ0v) is 11.3. The summed E-state index contributed by atoms with van der Waals surface area (Å²) in [6, 6.07) is 4.83. The minimum atomic E-state index is -0.996. The molecule has 0 amide bonds. The highest BCUT2D eigenvalue weighted by Gasteiger charge is 2.16. The number of hydrogen-bond donors (Lipinski definition) is 3. The summed E-state index contributed by atoms with van der Waals surface area (Å²) < 4.78 is 0. The van der Waals surface area contributed by atoms with Crippen LogP contribution in [0.25, 0.3) is 0 Å². The van der Waals surface area contributed by atoms with Gasteiger partial charge in [0.1, 0.15) is 5.01 Å². The highest BCUT2D eigenvalue weighted by atomic mass is 32.1. The molecule has 2 rings (SSSR count). The van der Waals surface area contributed by atoms with E-state index in [9.17, 15) is 9.90 Å². The molecular formula is C13H15N3O2S. The summed E-state index contributed by atoms with van der Waals surface area (Å²) in [5, 5.41) is 15.3. The van der Waals surface area contributed by atoms with Crippen molar-refractivity contribution in [3.8, 4) is 0 Å². The highest BCUT2D eigenvalue weighted by molar-refractivity contribution is 7.09. The van der Waals surface area contributed by atoms with Gasteiger partial charge in [-0.05, 0) is 24.6 Å². The quantitative estimate of drug-likeness (QED) is 0.731. The molecule has 0 radical (unpaired) electrons. The lowest BCUT2D eigenvalue weighted by Crippen LogP contribution is -2.13. The van der Waals surface area contributed by atoms with Crippen molar-refractivity contribution in [1.29, 1.82) is 0 Å². The number of hydrogen-bond acceptors (Lipinski definition) is 5. The van der Waals surface area contributed by atoms with Crippen LogP contribution in [0.1, 0.15) is 34.8 Å². The van der Waals surface area contributed by atoms with Gasteiger partial charge < -0.3 is 16.2 Å². The van der Waals surface area contributed by atoms with Crippen LogP contribution in [0.15, 0.2) is 29.8 Å². The van der Waals surface area contributed by atoms with E-state index in [1.807, 2.05) is 12.3 Å². The zero-order valence-electron chi connectivity index (χ0n) is 10.5. The Bertz CT molecular complexity index is 569. The van der Waals surface area contributed by atoms with Crippen molar-refractivity contribution < 1.29 is 9.90 Å². The smallest absolute Gasteiger partial charge is 0.337 e. The third-order valence-electron chi connectivity index (χ3n) is 2.76. The molecule has 1 aromatic heterocycles. The molecular weight excluding hydrogens is 262 g/mol. The van der Waals surface area contributed by atoms with Crippen molar-refractivity contribution in [3.05, 3.63) is 40.3 Å². The number of nitrogen functional groups attached to an aromatic ring is 1. The SMILES string of the molecule is CCC(Nc1ccc(N)cc1C(=O)O)c1nccs1. The maximum atomic E-state index is 11.2. The molecule has 0 spiro atoms. The number of carboxylic acid groups (broad SMARTS) is 1.